The number of hydrogen-bond donors (Lipinski definition) is 0. The third-order valence-electron chi connectivity index (χ3n) is 0.963. The molecular weight excluding hydrogens is 169 g/mol. The van der Waals surface area contributed by atoms with Gasteiger partial charge in [-0.25, -0.2) is 4.98 Å². The quantitative estimate of drug-likeness (QED) is 0.432. The molecule has 3 heteroatoms. The molecule has 0 bridgehead atoms. The van der Waals surface area contributed by atoms with Crippen LogP contribution in [0, 0.1) is 12.3 Å². The Morgan fingerprint density at radius 1 is 1.50 bits per heavy atom. The summed E-state index contributed by atoms with van der Waals surface area (Å²) in [6, 6.07) is 1.59. The number of aromatic nitrogens is 1. The van der Waals surface area contributed by atoms with Gasteiger partial charge in [-0.3, -0.25) is 0 Å². The van der Waals surface area contributed by atoms with Gasteiger partial charge in [0, 0.05) is 11.8 Å². The Bertz CT molecular complexity index is 288. The number of rotatable bonds is 0. The lowest BCUT2D eigenvalue weighted by atomic mass is 10.3. The van der Waals surface area contributed by atoms with E-state index in [4.69, 9.17) is 29.6 Å². The average molecular weight is 172 g/mol. The van der Waals surface area contributed by atoms with Gasteiger partial charge in [0.2, 0.25) is 0 Å². The van der Waals surface area contributed by atoms with Gasteiger partial charge in [0.05, 0.1) is 5.02 Å². The largest absolute Gasteiger partial charge is 0.242 e. The second-order valence-electron chi connectivity index (χ2n) is 1.64. The summed E-state index contributed by atoms with van der Waals surface area (Å²) in [6.45, 7) is 0. The summed E-state index contributed by atoms with van der Waals surface area (Å²) in [5.74, 6) is 2.39. The van der Waals surface area contributed by atoms with Crippen LogP contribution >= 0.6 is 23.2 Å². The molecule has 0 aromatic carbocycles. The molecule has 1 rings (SSSR count). The van der Waals surface area contributed by atoms with E-state index < -0.39 is 0 Å². The molecule has 0 spiro atoms. The Morgan fingerprint density at radius 3 is 2.70 bits per heavy atom. The van der Waals surface area contributed by atoms with E-state index in [1.165, 1.54) is 6.20 Å². The molecular formula is C7H3Cl2N. The molecule has 1 heterocycles. The molecule has 1 aromatic heterocycles. The predicted molar refractivity (Wildman–Crippen MR) is 42.2 cm³/mol. The van der Waals surface area contributed by atoms with Crippen molar-refractivity contribution in [1.82, 2.24) is 4.98 Å². The van der Waals surface area contributed by atoms with Crippen LogP contribution in [0.5, 0.6) is 0 Å². The molecule has 0 unspecified atom stereocenters. The zero-order valence-electron chi connectivity index (χ0n) is 4.94. The summed E-state index contributed by atoms with van der Waals surface area (Å²) in [5, 5.41) is 0.665. The summed E-state index contributed by atoms with van der Waals surface area (Å²) in [5.41, 5.74) is 0.634. The smallest absolute Gasteiger partial charge is 0.147 e. The summed E-state index contributed by atoms with van der Waals surface area (Å²) >= 11 is 11.1. The second kappa shape index (κ2) is 2.92. The van der Waals surface area contributed by atoms with E-state index in [1.54, 1.807) is 6.07 Å². The molecule has 50 valence electrons. The summed E-state index contributed by atoms with van der Waals surface area (Å²) in [4.78, 5) is 3.74. The Morgan fingerprint density at radius 2 is 2.20 bits per heavy atom. The SMILES string of the molecule is C#Cc1cnc(Cl)c(Cl)c1. The predicted octanol–water partition coefficient (Wildman–Crippen LogP) is 2.37. The fraction of sp³-hybridized carbons (Fsp3) is 0. The van der Waals surface area contributed by atoms with Crippen molar-refractivity contribution in [2.45, 2.75) is 0 Å². The van der Waals surface area contributed by atoms with Crippen LogP contribution in [0.3, 0.4) is 0 Å². The highest BCUT2D eigenvalue weighted by Gasteiger charge is 1.97. The van der Waals surface area contributed by atoms with E-state index in [0.29, 0.717) is 10.6 Å². The van der Waals surface area contributed by atoms with Crippen LogP contribution in [0.4, 0.5) is 0 Å². The van der Waals surface area contributed by atoms with Crippen molar-refractivity contribution < 1.29 is 0 Å². The van der Waals surface area contributed by atoms with Gasteiger partial charge in [-0.05, 0) is 6.07 Å². The zero-order chi connectivity index (χ0) is 7.56. The Kier molecular flexibility index (Phi) is 2.16. The molecule has 10 heavy (non-hydrogen) atoms. The van der Waals surface area contributed by atoms with Gasteiger partial charge in [0.25, 0.3) is 0 Å². The minimum Gasteiger partial charge on any atom is -0.242 e. The zero-order valence-corrected chi connectivity index (χ0v) is 6.45. The van der Waals surface area contributed by atoms with Gasteiger partial charge in [-0.15, -0.1) is 6.42 Å². The minimum atomic E-state index is 0.278. The van der Waals surface area contributed by atoms with Crippen LogP contribution in [0.25, 0.3) is 0 Å². The van der Waals surface area contributed by atoms with Crippen molar-refractivity contribution in [3.63, 3.8) is 0 Å². The van der Waals surface area contributed by atoms with Crippen molar-refractivity contribution >= 4 is 23.2 Å². The molecule has 0 saturated carbocycles. The number of hydrogen-bond acceptors (Lipinski definition) is 1. The van der Waals surface area contributed by atoms with E-state index >= 15 is 0 Å². The molecule has 1 nitrogen and oxygen atoms in total. The highest BCUT2D eigenvalue weighted by Crippen LogP contribution is 2.18. The first kappa shape index (κ1) is 7.40. The van der Waals surface area contributed by atoms with E-state index in [-0.39, 0.29) is 5.15 Å². The lowest BCUT2D eigenvalue weighted by molar-refractivity contribution is 1.31. The van der Waals surface area contributed by atoms with Crippen molar-refractivity contribution in [2.75, 3.05) is 0 Å². The molecule has 0 aliphatic rings. The first-order chi connectivity index (χ1) is 4.74. The van der Waals surface area contributed by atoms with Gasteiger partial charge in [0.1, 0.15) is 5.15 Å². The Balaban J connectivity index is 3.20. The van der Waals surface area contributed by atoms with Gasteiger partial charge in [-0.2, -0.15) is 0 Å². The lowest BCUT2D eigenvalue weighted by Gasteiger charge is -1.92. The first-order valence-corrected chi connectivity index (χ1v) is 3.27. The van der Waals surface area contributed by atoms with Gasteiger partial charge in [-0.1, -0.05) is 29.1 Å². The molecule has 0 radical (unpaired) electrons. The molecule has 1 aromatic rings. The molecule has 0 aliphatic heterocycles. The van der Waals surface area contributed by atoms with E-state index in [1.807, 2.05) is 0 Å². The molecule has 0 amide bonds. The highest BCUT2D eigenvalue weighted by molar-refractivity contribution is 6.41. The molecule has 0 fully saturated rings. The standard InChI is InChI=1S/C7H3Cl2N/c1-2-5-3-6(8)7(9)10-4-5/h1,3-4H. The van der Waals surface area contributed by atoms with Crippen LogP contribution < -0.4 is 0 Å². The molecule has 0 aliphatic carbocycles. The monoisotopic (exact) mass is 171 g/mol. The van der Waals surface area contributed by atoms with E-state index in [2.05, 4.69) is 10.9 Å². The maximum Gasteiger partial charge on any atom is 0.147 e. The van der Waals surface area contributed by atoms with Crippen LogP contribution in [0.2, 0.25) is 10.2 Å². The molecule has 0 N–H and O–H groups in total. The third-order valence-corrected chi connectivity index (χ3v) is 1.65. The average Bonchev–Trinajstić information content (AvgIpc) is 1.95. The van der Waals surface area contributed by atoms with Crippen LogP contribution in [0.1, 0.15) is 5.56 Å². The van der Waals surface area contributed by atoms with Gasteiger partial charge < -0.3 is 0 Å². The normalized spacial score (nSPS) is 8.90. The number of terminal acetylenes is 1. The summed E-state index contributed by atoms with van der Waals surface area (Å²) < 4.78 is 0. The number of pyridine rings is 1. The molecule has 0 saturated heterocycles. The van der Waals surface area contributed by atoms with E-state index in [9.17, 15) is 0 Å². The maximum atomic E-state index is 5.60. The summed E-state index contributed by atoms with van der Waals surface area (Å²) in [7, 11) is 0. The Hall–Kier alpha value is -0.710. The van der Waals surface area contributed by atoms with Crippen molar-refractivity contribution in [3.05, 3.63) is 28.0 Å². The topological polar surface area (TPSA) is 12.9 Å². The Labute approximate surface area is 69.0 Å². The fourth-order valence-corrected chi connectivity index (χ4v) is 0.770. The van der Waals surface area contributed by atoms with Gasteiger partial charge in [0.15, 0.2) is 0 Å². The number of nitrogens with zero attached hydrogens (tertiary/aromatic N) is 1. The number of halogens is 2. The molecule has 0 atom stereocenters. The van der Waals surface area contributed by atoms with Crippen molar-refractivity contribution in [3.8, 4) is 12.3 Å². The second-order valence-corrected chi connectivity index (χ2v) is 2.41. The lowest BCUT2D eigenvalue weighted by Crippen LogP contribution is -1.79. The third kappa shape index (κ3) is 1.41. The first-order valence-electron chi connectivity index (χ1n) is 2.51. The van der Waals surface area contributed by atoms with Crippen LogP contribution in [-0.2, 0) is 0 Å². The minimum absolute atomic E-state index is 0.278. The fourth-order valence-electron chi connectivity index (χ4n) is 0.500. The maximum absolute atomic E-state index is 5.60. The highest BCUT2D eigenvalue weighted by atomic mass is 35.5. The summed E-state index contributed by atoms with van der Waals surface area (Å²) in [6.07, 6.45) is 6.57. The van der Waals surface area contributed by atoms with Crippen molar-refractivity contribution in [2.24, 2.45) is 0 Å². The van der Waals surface area contributed by atoms with Crippen LogP contribution in [0.15, 0.2) is 12.3 Å². The van der Waals surface area contributed by atoms with Crippen molar-refractivity contribution in [1.29, 1.82) is 0 Å². The van der Waals surface area contributed by atoms with Gasteiger partial charge >= 0.3 is 0 Å². The van der Waals surface area contributed by atoms with Crippen LogP contribution in [-0.4, -0.2) is 4.98 Å². The van der Waals surface area contributed by atoms with E-state index in [0.717, 1.165) is 0 Å².